The van der Waals surface area contributed by atoms with E-state index in [0.717, 1.165) is 11.1 Å². The van der Waals surface area contributed by atoms with Crippen LogP contribution in [0.5, 0.6) is 0 Å². The van der Waals surface area contributed by atoms with Gasteiger partial charge < -0.3 is 10.1 Å². The molecule has 3 fully saturated rings. The number of fused-ring (bicyclic) bond motifs is 3. The summed E-state index contributed by atoms with van der Waals surface area (Å²) in [5.41, 5.74) is 0.803. The van der Waals surface area contributed by atoms with Gasteiger partial charge in [-0.15, -0.1) is 0 Å². The fourth-order valence-electron chi connectivity index (χ4n) is 5.76. The molecule has 170 valence electrons. The van der Waals surface area contributed by atoms with Crippen LogP contribution in [0.1, 0.15) is 23.6 Å². The van der Waals surface area contributed by atoms with Crippen LogP contribution in [-0.4, -0.2) is 54.3 Å². The molecule has 2 aromatic carbocycles. The summed E-state index contributed by atoms with van der Waals surface area (Å²) in [5.74, 6) is -3.63. The number of benzene rings is 2. The maximum Gasteiger partial charge on any atom is 0.307 e. The third-order valence-electron chi connectivity index (χ3n) is 7.16. The minimum absolute atomic E-state index is 0.305. The SMILES string of the molecule is COC(=O)C[C@]12C(=O)NCCN1[C@@H](c1ccccc1)[C@H]1C(=O)N(c3ccc(C)cc3)C(=O)[C@H]12. The van der Waals surface area contributed by atoms with Crippen LogP contribution >= 0.6 is 0 Å². The molecule has 4 atom stereocenters. The molecule has 8 nitrogen and oxygen atoms in total. The van der Waals surface area contributed by atoms with E-state index in [1.165, 1.54) is 12.0 Å². The average Bonchev–Trinajstić information content (AvgIpc) is 3.26. The number of methoxy groups -OCH3 is 1. The molecule has 0 aromatic heterocycles. The van der Waals surface area contributed by atoms with Crippen molar-refractivity contribution in [1.82, 2.24) is 10.2 Å². The second-order valence-corrected chi connectivity index (χ2v) is 8.83. The molecule has 0 bridgehead atoms. The van der Waals surface area contributed by atoms with Gasteiger partial charge in [0, 0.05) is 19.1 Å². The lowest BCUT2D eigenvalue weighted by molar-refractivity contribution is -0.154. The molecule has 8 heteroatoms. The first-order chi connectivity index (χ1) is 15.9. The number of hydrogen-bond acceptors (Lipinski definition) is 6. The van der Waals surface area contributed by atoms with Crippen molar-refractivity contribution in [2.45, 2.75) is 24.9 Å². The lowest BCUT2D eigenvalue weighted by Gasteiger charge is -2.45. The van der Waals surface area contributed by atoms with Crippen molar-refractivity contribution in [2.24, 2.45) is 11.8 Å². The maximum atomic E-state index is 13.9. The fraction of sp³-hybridized carbons (Fsp3) is 0.360. The Morgan fingerprint density at radius 3 is 2.42 bits per heavy atom. The largest absolute Gasteiger partial charge is 0.469 e. The van der Waals surface area contributed by atoms with Gasteiger partial charge >= 0.3 is 5.97 Å². The Labute approximate surface area is 191 Å². The molecule has 0 aliphatic carbocycles. The van der Waals surface area contributed by atoms with E-state index in [2.05, 4.69) is 5.32 Å². The minimum Gasteiger partial charge on any atom is -0.469 e. The molecule has 3 saturated heterocycles. The van der Waals surface area contributed by atoms with Crippen LogP contribution in [0.3, 0.4) is 0 Å². The molecule has 0 spiro atoms. The van der Waals surface area contributed by atoms with Crippen molar-refractivity contribution in [2.75, 3.05) is 25.1 Å². The number of ether oxygens (including phenoxy) is 1. The van der Waals surface area contributed by atoms with Gasteiger partial charge in [-0.05, 0) is 24.6 Å². The predicted octanol–water partition coefficient (Wildman–Crippen LogP) is 1.59. The third kappa shape index (κ3) is 3.01. The van der Waals surface area contributed by atoms with Gasteiger partial charge in [-0.25, -0.2) is 4.90 Å². The first-order valence-corrected chi connectivity index (χ1v) is 11.0. The van der Waals surface area contributed by atoms with Crippen molar-refractivity contribution in [1.29, 1.82) is 0 Å². The Morgan fingerprint density at radius 2 is 1.76 bits per heavy atom. The highest BCUT2D eigenvalue weighted by Crippen LogP contribution is 2.57. The van der Waals surface area contributed by atoms with Gasteiger partial charge in [-0.1, -0.05) is 48.0 Å². The Morgan fingerprint density at radius 1 is 1.06 bits per heavy atom. The van der Waals surface area contributed by atoms with E-state index in [1.54, 1.807) is 12.1 Å². The lowest BCUT2D eigenvalue weighted by atomic mass is 9.76. The zero-order valence-electron chi connectivity index (χ0n) is 18.5. The molecule has 3 heterocycles. The molecule has 0 radical (unpaired) electrons. The second-order valence-electron chi connectivity index (χ2n) is 8.83. The molecule has 1 N–H and O–H groups in total. The second kappa shape index (κ2) is 7.81. The molecule has 0 saturated carbocycles. The number of nitrogens with one attached hydrogen (secondary N) is 1. The van der Waals surface area contributed by atoms with Crippen molar-refractivity contribution in [3.63, 3.8) is 0 Å². The molecular weight excluding hydrogens is 422 g/mol. The summed E-state index contributed by atoms with van der Waals surface area (Å²) >= 11 is 0. The Bertz CT molecular complexity index is 1130. The summed E-state index contributed by atoms with van der Waals surface area (Å²) in [4.78, 5) is 56.8. The van der Waals surface area contributed by atoms with Gasteiger partial charge in [-0.2, -0.15) is 0 Å². The molecule has 2 aromatic rings. The standard InChI is InChI=1S/C25H25N3O5/c1-15-8-10-17(11-9-15)28-22(30)19-20(23(28)31)25(14-18(29)33-2)24(32)26-12-13-27(25)21(19)16-6-4-3-5-7-16/h3-11,19-21H,12-14H2,1-2H3,(H,26,32)/t19-,20-,21-,25-/m0/s1. The topological polar surface area (TPSA) is 96.0 Å². The summed E-state index contributed by atoms with van der Waals surface area (Å²) in [6.07, 6.45) is -0.305. The number of carbonyl (C=O) groups excluding carboxylic acids is 4. The van der Waals surface area contributed by atoms with Crippen LogP contribution in [0.2, 0.25) is 0 Å². The highest BCUT2D eigenvalue weighted by molar-refractivity contribution is 6.24. The van der Waals surface area contributed by atoms with Gasteiger partial charge in [0.05, 0.1) is 31.1 Å². The van der Waals surface area contributed by atoms with Crippen LogP contribution < -0.4 is 10.2 Å². The molecule has 5 rings (SSSR count). The van der Waals surface area contributed by atoms with Crippen LogP contribution in [0, 0.1) is 18.8 Å². The maximum absolute atomic E-state index is 13.9. The Kier molecular flexibility index (Phi) is 5.05. The molecule has 3 aliphatic rings. The molecule has 3 aliphatic heterocycles. The van der Waals surface area contributed by atoms with Gasteiger partial charge in [-0.3, -0.25) is 24.1 Å². The van der Waals surface area contributed by atoms with E-state index < -0.39 is 41.2 Å². The van der Waals surface area contributed by atoms with E-state index >= 15 is 0 Å². The Balaban J connectivity index is 1.70. The van der Waals surface area contributed by atoms with E-state index in [0.29, 0.717) is 18.8 Å². The predicted molar refractivity (Wildman–Crippen MR) is 119 cm³/mol. The summed E-state index contributed by atoms with van der Waals surface area (Å²) in [5, 5.41) is 2.84. The summed E-state index contributed by atoms with van der Waals surface area (Å²) < 4.78 is 4.93. The molecule has 33 heavy (non-hydrogen) atoms. The smallest absolute Gasteiger partial charge is 0.307 e. The molecular formula is C25H25N3O5. The first kappa shape index (κ1) is 21.3. The normalized spacial score (nSPS) is 29.0. The highest BCUT2D eigenvalue weighted by atomic mass is 16.5. The van der Waals surface area contributed by atoms with Crippen molar-refractivity contribution >= 4 is 29.4 Å². The number of piperazine rings is 1. The van der Waals surface area contributed by atoms with E-state index in [9.17, 15) is 19.2 Å². The quantitative estimate of drug-likeness (QED) is 0.565. The molecule has 0 unspecified atom stereocenters. The number of amides is 3. The van der Waals surface area contributed by atoms with E-state index in [1.807, 2.05) is 54.3 Å². The van der Waals surface area contributed by atoms with Crippen LogP contribution in [0.15, 0.2) is 54.6 Å². The van der Waals surface area contributed by atoms with Gasteiger partial charge in [0.2, 0.25) is 17.7 Å². The zero-order valence-corrected chi connectivity index (χ0v) is 18.5. The number of anilines is 1. The number of imide groups is 1. The Hall–Kier alpha value is -3.52. The molecule has 3 amide bonds. The lowest BCUT2D eigenvalue weighted by Crippen LogP contribution is -2.67. The highest BCUT2D eigenvalue weighted by Gasteiger charge is 2.73. The number of hydrogen-bond donors (Lipinski definition) is 1. The van der Waals surface area contributed by atoms with Crippen molar-refractivity contribution in [3.8, 4) is 0 Å². The number of carbonyl (C=O) groups is 4. The summed E-state index contributed by atoms with van der Waals surface area (Å²) in [6.45, 7) is 2.71. The summed E-state index contributed by atoms with van der Waals surface area (Å²) in [7, 11) is 1.26. The van der Waals surface area contributed by atoms with Crippen LogP contribution in [0.4, 0.5) is 5.69 Å². The van der Waals surface area contributed by atoms with Crippen molar-refractivity contribution < 1.29 is 23.9 Å². The number of esters is 1. The van der Waals surface area contributed by atoms with E-state index in [-0.39, 0.29) is 12.3 Å². The van der Waals surface area contributed by atoms with Crippen molar-refractivity contribution in [3.05, 3.63) is 65.7 Å². The average molecular weight is 447 g/mol. The van der Waals surface area contributed by atoms with Gasteiger partial charge in [0.1, 0.15) is 5.54 Å². The number of rotatable bonds is 4. The fourth-order valence-corrected chi connectivity index (χ4v) is 5.76. The number of aryl methyl sites for hydroxylation is 1. The zero-order chi connectivity index (χ0) is 23.3. The van der Waals surface area contributed by atoms with Crippen LogP contribution in [0.25, 0.3) is 0 Å². The minimum atomic E-state index is -1.50. The van der Waals surface area contributed by atoms with Gasteiger partial charge in [0.25, 0.3) is 0 Å². The monoisotopic (exact) mass is 447 g/mol. The third-order valence-corrected chi connectivity index (χ3v) is 7.16. The van der Waals surface area contributed by atoms with Gasteiger partial charge in [0.15, 0.2) is 0 Å². The van der Waals surface area contributed by atoms with Crippen LogP contribution in [-0.2, 0) is 23.9 Å². The number of nitrogens with zero attached hydrogens (tertiary/aromatic N) is 2. The summed E-state index contributed by atoms with van der Waals surface area (Å²) in [6, 6.07) is 16.0. The first-order valence-electron chi connectivity index (χ1n) is 11.0. The van der Waals surface area contributed by atoms with E-state index in [4.69, 9.17) is 4.74 Å².